The fraction of sp³-hybridized carbons (Fsp3) is 0.353. The van der Waals surface area contributed by atoms with Gasteiger partial charge in [-0.25, -0.2) is 0 Å². The maximum absolute atomic E-state index is 9.03. The van der Waals surface area contributed by atoms with Gasteiger partial charge in [0.05, 0.1) is 0 Å². The fourth-order valence-corrected chi connectivity index (χ4v) is 4.98. The van der Waals surface area contributed by atoms with Crippen LogP contribution >= 0.6 is 0 Å². The van der Waals surface area contributed by atoms with Crippen LogP contribution in [0.2, 0.25) is 0 Å². The van der Waals surface area contributed by atoms with Crippen LogP contribution < -0.4 is 4.90 Å². The lowest BCUT2D eigenvalue weighted by Crippen LogP contribution is -2.22. The molecular weight excluding hydrogens is 450 g/mol. The zero-order valence-electron chi connectivity index (χ0n) is 23.2. The van der Waals surface area contributed by atoms with E-state index >= 15 is 0 Å². The predicted octanol–water partition coefficient (Wildman–Crippen LogP) is 9.05. The monoisotopic (exact) mass is 489 g/mol. The lowest BCUT2D eigenvalue weighted by molar-refractivity contribution is 0.303. The molecule has 0 heterocycles. The smallest absolute Gasteiger partial charge is 0.130 e. The molecule has 3 nitrogen and oxygen atoms in total. The summed E-state index contributed by atoms with van der Waals surface area (Å²) < 4.78 is 0. The summed E-state index contributed by atoms with van der Waals surface area (Å²) in [5.74, 6) is 0.579. The van der Waals surface area contributed by atoms with Crippen LogP contribution in [0.1, 0.15) is 75.6 Å². The van der Waals surface area contributed by atoms with E-state index < -0.39 is 0 Å². The third-order valence-corrected chi connectivity index (χ3v) is 7.14. The van der Waals surface area contributed by atoms with E-state index in [0.29, 0.717) is 5.92 Å². The van der Waals surface area contributed by atoms with Crippen molar-refractivity contribution in [1.29, 1.82) is 10.5 Å². The van der Waals surface area contributed by atoms with Crippen molar-refractivity contribution in [2.24, 2.45) is 5.41 Å². The molecule has 0 aliphatic heterocycles. The molecule has 1 atom stereocenters. The molecular formula is C34H39N3. The Morgan fingerprint density at radius 2 is 1.51 bits per heavy atom. The van der Waals surface area contributed by atoms with Crippen molar-refractivity contribution < 1.29 is 0 Å². The van der Waals surface area contributed by atoms with E-state index in [1.165, 1.54) is 29.7 Å². The maximum Gasteiger partial charge on any atom is 0.130 e. The Morgan fingerprint density at radius 3 is 2.03 bits per heavy atom. The Balaban J connectivity index is 1.75. The summed E-state index contributed by atoms with van der Waals surface area (Å²) in [5.41, 5.74) is 8.55. The van der Waals surface area contributed by atoms with Gasteiger partial charge >= 0.3 is 0 Å². The van der Waals surface area contributed by atoms with Crippen molar-refractivity contribution >= 4 is 11.8 Å². The first-order valence-electron chi connectivity index (χ1n) is 13.3. The van der Waals surface area contributed by atoms with Crippen molar-refractivity contribution in [3.05, 3.63) is 94.6 Å². The topological polar surface area (TPSA) is 50.8 Å². The Labute approximate surface area is 223 Å². The lowest BCUT2D eigenvalue weighted by Gasteiger charge is -2.31. The molecule has 0 saturated carbocycles. The number of allylic oxidation sites excluding steroid dienone is 1. The first-order valence-corrected chi connectivity index (χ1v) is 13.3. The van der Waals surface area contributed by atoms with Gasteiger partial charge in [0.15, 0.2) is 0 Å². The van der Waals surface area contributed by atoms with Crippen molar-refractivity contribution in [1.82, 2.24) is 0 Å². The molecule has 3 aromatic rings. The fourth-order valence-electron chi connectivity index (χ4n) is 4.98. The van der Waals surface area contributed by atoms with E-state index in [2.05, 4.69) is 94.1 Å². The summed E-state index contributed by atoms with van der Waals surface area (Å²) in [5, 5.41) is 18.1. The zero-order valence-corrected chi connectivity index (χ0v) is 23.2. The minimum atomic E-state index is 0.115. The molecule has 3 aromatic carbocycles. The standard InChI is InChI=1S/C34H39N3/c1-7-9-33(34(4,5)6)29-12-10-26(11-13-29)24-37(8-2)32-18-16-28(17-19-32)31-15-14-30(25(3)20-31)21-27(22-35)23-36/h10-21,33H,7-9,24H2,1-6H3. The Morgan fingerprint density at radius 1 is 0.892 bits per heavy atom. The highest BCUT2D eigenvalue weighted by molar-refractivity contribution is 5.71. The molecule has 0 spiro atoms. The molecule has 0 N–H and O–H groups in total. The van der Waals surface area contributed by atoms with E-state index in [0.717, 1.165) is 35.3 Å². The Hall–Kier alpha value is -3.82. The number of hydrogen-bond donors (Lipinski definition) is 0. The number of nitriles is 2. The molecule has 0 radical (unpaired) electrons. The molecule has 0 aliphatic carbocycles. The first-order chi connectivity index (χ1) is 17.7. The summed E-state index contributed by atoms with van der Waals surface area (Å²) >= 11 is 0. The second kappa shape index (κ2) is 12.4. The summed E-state index contributed by atoms with van der Waals surface area (Å²) in [6, 6.07) is 27.9. The summed E-state index contributed by atoms with van der Waals surface area (Å²) in [4.78, 5) is 2.40. The molecule has 0 bridgehead atoms. The molecule has 0 amide bonds. The Kier molecular flexibility index (Phi) is 9.32. The van der Waals surface area contributed by atoms with E-state index in [1.54, 1.807) is 6.08 Å². The first kappa shape index (κ1) is 27.8. The Bertz CT molecular complexity index is 1280. The van der Waals surface area contributed by atoms with Gasteiger partial charge in [-0.2, -0.15) is 10.5 Å². The minimum Gasteiger partial charge on any atom is -0.367 e. The van der Waals surface area contributed by atoms with E-state index in [4.69, 9.17) is 10.5 Å². The van der Waals surface area contributed by atoms with Crippen LogP contribution in [0, 0.1) is 35.0 Å². The second-order valence-electron chi connectivity index (χ2n) is 10.9. The lowest BCUT2D eigenvalue weighted by atomic mass is 9.74. The minimum absolute atomic E-state index is 0.115. The second-order valence-corrected chi connectivity index (χ2v) is 10.9. The largest absolute Gasteiger partial charge is 0.367 e. The molecule has 3 heteroatoms. The van der Waals surface area contributed by atoms with E-state index in [-0.39, 0.29) is 11.0 Å². The van der Waals surface area contributed by atoms with Gasteiger partial charge in [-0.05, 0) is 83.2 Å². The quantitative estimate of drug-likeness (QED) is 0.282. The molecule has 0 aliphatic rings. The highest BCUT2D eigenvalue weighted by Crippen LogP contribution is 2.38. The van der Waals surface area contributed by atoms with E-state index in [9.17, 15) is 0 Å². The van der Waals surface area contributed by atoms with E-state index in [1.807, 2.05) is 31.2 Å². The third-order valence-electron chi connectivity index (χ3n) is 7.14. The van der Waals surface area contributed by atoms with Gasteiger partial charge in [0, 0.05) is 18.8 Å². The molecule has 190 valence electrons. The van der Waals surface area contributed by atoms with Crippen LogP contribution in [-0.2, 0) is 6.54 Å². The molecule has 3 rings (SSSR count). The summed E-state index contributed by atoms with van der Waals surface area (Å²) in [6.07, 6.45) is 4.06. The van der Waals surface area contributed by atoms with Gasteiger partial charge in [0.2, 0.25) is 0 Å². The number of aryl methyl sites for hydroxylation is 1. The van der Waals surface area contributed by atoms with Crippen molar-refractivity contribution in [2.45, 2.75) is 66.8 Å². The number of hydrogen-bond acceptors (Lipinski definition) is 3. The van der Waals surface area contributed by atoms with Gasteiger partial charge in [-0.3, -0.25) is 0 Å². The van der Waals surface area contributed by atoms with Crippen LogP contribution in [-0.4, -0.2) is 6.54 Å². The average molecular weight is 490 g/mol. The van der Waals surface area contributed by atoms with Gasteiger partial charge < -0.3 is 4.90 Å². The number of anilines is 1. The zero-order chi connectivity index (χ0) is 27.0. The van der Waals surface area contributed by atoms with Crippen LogP contribution in [0.15, 0.2) is 72.3 Å². The number of nitrogens with zero attached hydrogens (tertiary/aromatic N) is 3. The maximum atomic E-state index is 9.03. The average Bonchev–Trinajstić information content (AvgIpc) is 2.89. The van der Waals surface area contributed by atoms with Gasteiger partial charge in [-0.15, -0.1) is 0 Å². The van der Waals surface area contributed by atoms with Crippen molar-refractivity contribution in [3.63, 3.8) is 0 Å². The summed E-state index contributed by atoms with van der Waals surface area (Å²) in [7, 11) is 0. The van der Waals surface area contributed by atoms with Gasteiger partial charge in [0.25, 0.3) is 0 Å². The molecule has 37 heavy (non-hydrogen) atoms. The van der Waals surface area contributed by atoms with Crippen molar-refractivity contribution in [3.8, 4) is 23.3 Å². The molecule has 1 unspecified atom stereocenters. The van der Waals surface area contributed by atoms with Gasteiger partial charge in [-0.1, -0.05) is 88.7 Å². The van der Waals surface area contributed by atoms with Crippen LogP contribution in [0.3, 0.4) is 0 Å². The highest BCUT2D eigenvalue weighted by atomic mass is 15.1. The SMILES string of the molecule is CCCC(c1ccc(CN(CC)c2ccc(-c3ccc(C=C(C#N)C#N)c(C)c3)cc2)cc1)C(C)(C)C. The van der Waals surface area contributed by atoms with Crippen LogP contribution in [0.25, 0.3) is 17.2 Å². The molecule has 0 saturated heterocycles. The van der Waals surface area contributed by atoms with Gasteiger partial charge in [0.1, 0.15) is 17.7 Å². The highest BCUT2D eigenvalue weighted by Gasteiger charge is 2.25. The number of rotatable bonds is 9. The number of benzene rings is 3. The predicted molar refractivity (Wildman–Crippen MR) is 156 cm³/mol. The van der Waals surface area contributed by atoms with Crippen LogP contribution in [0.4, 0.5) is 5.69 Å². The third kappa shape index (κ3) is 7.12. The van der Waals surface area contributed by atoms with Crippen LogP contribution in [0.5, 0.6) is 0 Å². The molecule has 0 aromatic heterocycles. The summed E-state index contributed by atoms with van der Waals surface area (Å²) in [6.45, 7) is 15.3. The normalized spacial score (nSPS) is 11.8. The van der Waals surface area contributed by atoms with Crippen molar-refractivity contribution in [2.75, 3.05) is 11.4 Å². The molecule has 0 fully saturated rings.